The minimum absolute atomic E-state index is 0.0846. The lowest BCUT2D eigenvalue weighted by atomic mass is 9.97. The molecule has 0 atom stereocenters. The number of hydrogen-bond donors (Lipinski definition) is 2. The number of anilines is 1. The summed E-state index contributed by atoms with van der Waals surface area (Å²) in [6.07, 6.45) is 5.85. The highest BCUT2D eigenvalue weighted by atomic mass is 32.1. The van der Waals surface area contributed by atoms with Crippen LogP contribution in [0.2, 0.25) is 0 Å². The van der Waals surface area contributed by atoms with Crippen molar-refractivity contribution in [1.29, 1.82) is 0 Å². The topological polar surface area (TPSA) is 58.9 Å². The first-order valence-corrected chi connectivity index (χ1v) is 9.92. The van der Waals surface area contributed by atoms with Crippen molar-refractivity contribution in [2.45, 2.75) is 39.5 Å². The summed E-state index contributed by atoms with van der Waals surface area (Å²) in [5, 5.41) is 4.23. The van der Waals surface area contributed by atoms with Gasteiger partial charge in [0.25, 0.3) is 5.56 Å². The molecule has 0 saturated heterocycles. The van der Waals surface area contributed by atoms with Gasteiger partial charge in [-0.15, -0.1) is 11.3 Å². The molecule has 4 rings (SSSR count). The minimum Gasteiger partial charge on any atom is -0.331 e. The number of rotatable bonds is 2. The van der Waals surface area contributed by atoms with Gasteiger partial charge in [-0.05, 0) is 80.6 Å². The average Bonchev–Trinajstić information content (AvgIpc) is 3.00. The maximum Gasteiger partial charge on any atom is 0.281 e. The molecule has 0 aliphatic heterocycles. The van der Waals surface area contributed by atoms with E-state index in [0.717, 1.165) is 35.2 Å². The number of thiocarbonyl (C=S) groups is 1. The third-order valence-electron chi connectivity index (χ3n) is 4.86. The van der Waals surface area contributed by atoms with E-state index < -0.39 is 0 Å². The van der Waals surface area contributed by atoms with E-state index >= 15 is 0 Å². The largest absolute Gasteiger partial charge is 0.331 e. The molecule has 0 bridgehead atoms. The van der Waals surface area contributed by atoms with Crippen molar-refractivity contribution in [3.8, 4) is 0 Å². The Kier molecular flexibility index (Phi) is 4.50. The molecule has 0 radical (unpaired) electrons. The second kappa shape index (κ2) is 6.81. The third kappa shape index (κ3) is 3.12. The molecule has 134 valence electrons. The highest BCUT2D eigenvalue weighted by Crippen LogP contribution is 2.33. The zero-order chi connectivity index (χ0) is 18.3. The van der Waals surface area contributed by atoms with Crippen molar-refractivity contribution < 1.29 is 0 Å². The maximum absolute atomic E-state index is 12.9. The molecule has 0 saturated carbocycles. The predicted octanol–water partition coefficient (Wildman–Crippen LogP) is 3.89. The van der Waals surface area contributed by atoms with Gasteiger partial charge >= 0.3 is 0 Å². The zero-order valence-electron chi connectivity index (χ0n) is 14.8. The van der Waals surface area contributed by atoms with E-state index in [1.54, 1.807) is 11.3 Å². The molecule has 26 heavy (non-hydrogen) atoms. The van der Waals surface area contributed by atoms with Gasteiger partial charge in [0.15, 0.2) is 5.11 Å². The van der Waals surface area contributed by atoms with E-state index in [1.807, 2.05) is 18.2 Å². The van der Waals surface area contributed by atoms with Gasteiger partial charge in [0.1, 0.15) is 11.2 Å². The molecule has 0 spiro atoms. The molecule has 0 amide bonds. The molecule has 0 fully saturated rings. The van der Waals surface area contributed by atoms with Gasteiger partial charge in [-0.2, -0.15) is 0 Å². The Labute approximate surface area is 161 Å². The van der Waals surface area contributed by atoms with E-state index in [1.165, 1.54) is 39.0 Å². The fourth-order valence-corrected chi connectivity index (χ4v) is 4.75. The van der Waals surface area contributed by atoms with Crippen LogP contribution in [0.3, 0.4) is 0 Å². The van der Waals surface area contributed by atoms with Crippen molar-refractivity contribution in [3.63, 3.8) is 0 Å². The smallest absolute Gasteiger partial charge is 0.281 e. The third-order valence-corrected chi connectivity index (χ3v) is 6.26. The van der Waals surface area contributed by atoms with Crippen LogP contribution < -0.4 is 16.3 Å². The Morgan fingerprint density at radius 2 is 2.04 bits per heavy atom. The molecule has 1 aliphatic rings. The van der Waals surface area contributed by atoms with Crippen LogP contribution in [-0.2, 0) is 12.8 Å². The number of thiophene rings is 1. The summed E-state index contributed by atoms with van der Waals surface area (Å²) < 4.78 is 1.38. The van der Waals surface area contributed by atoms with E-state index in [4.69, 9.17) is 12.2 Å². The molecular weight excluding hydrogens is 364 g/mol. The number of hydrogen-bond acceptors (Lipinski definition) is 4. The molecule has 2 N–H and O–H groups in total. The number of aryl methyl sites for hydroxylation is 4. The van der Waals surface area contributed by atoms with E-state index in [-0.39, 0.29) is 5.56 Å². The second-order valence-corrected chi connectivity index (χ2v) is 8.17. The van der Waals surface area contributed by atoms with Crippen LogP contribution in [0, 0.1) is 13.8 Å². The van der Waals surface area contributed by atoms with Crippen LogP contribution in [0.4, 0.5) is 5.69 Å². The molecule has 5 nitrogen and oxygen atoms in total. The molecule has 2 aromatic heterocycles. The van der Waals surface area contributed by atoms with E-state index in [2.05, 4.69) is 29.6 Å². The molecular formula is C19H20N4OS2. The summed E-state index contributed by atoms with van der Waals surface area (Å²) in [5.41, 5.74) is 7.34. The standard InChI is InChI=1S/C19H20N4OS2/c1-11-7-8-13(9-12(11)2)21-19(25)22-23-10-20-17-16(18(23)24)14-5-3-4-6-15(14)26-17/h7-10H,3-6H2,1-2H3,(H2,21,22,25). The van der Waals surface area contributed by atoms with Crippen LogP contribution in [0.1, 0.15) is 34.4 Å². The first kappa shape index (κ1) is 17.2. The maximum atomic E-state index is 12.9. The summed E-state index contributed by atoms with van der Waals surface area (Å²) in [4.78, 5) is 19.5. The number of nitrogens with one attached hydrogen (secondary N) is 2. The van der Waals surface area contributed by atoms with Crippen molar-refractivity contribution in [2.75, 3.05) is 10.7 Å². The highest BCUT2D eigenvalue weighted by Gasteiger charge is 2.20. The SMILES string of the molecule is Cc1ccc(NC(=S)Nn2cnc3sc4c(c3c2=O)CCCC4)cc1C. The molecule has 1 aliphatic carbocycles. The van der Waals surface area contributed by atoms with Crippen molar-refractivity contribution in [1.82, 2.24) is 9.66 Å². The zero-order valence-corrected chi connectivity index (χ0v) is 16.4. The lowest BCUT2D eigenvalue weighted by Gasteiger charge is -2.13. The fraction of sp³-hybridized carbons (Fsp3) is 0.316. The van der Waals surface area contributed by atoms with E-state index in [9.17, 15) is 4.79 Å². The van der Waals surface area contributed by atoms with Crippen LogP contribution in [0.15, 0.2) is 29.3 Å². The average molecular weight is 385 g/mol. The lowest BCUT2D eigenvalue weighted by molar-refractivity contribution is 0.699. The summed E-state index contributed by atoms with van der Waals surface area (Å²) in [6, 6.07) is 6.04. The summed E-state index contributed by atoms with van der Waals surface area (Å²) in [7, 11) is 0. The summed E-state index contributed by atoms with van der Waals surface area (Å²) in [6.45, 7) is 4.12. The van der Waals surface area contributed by atoms with E-state index in [0.29, 0.717) is 5.11 Å². The Morgan fingerprint density at radius 1 is 1.23 bits per heavy atom. The summed E-state index contributed by atoms with van der Waals surface area (Å²) in [5.74, 6) is 0. The second-order valence-electron chi connectivity index (χ2n) is 6.68. The van der Waals surface area contributed by atoms with Crippen molar-refractivity contribution in [3.05, 3.63) is 56.4 Å². The van der Waals surface area contributed by atoms with Gasteiger partial charge in [-0.1, -0.05) is 6.07 Å². The lowest BCUT2D eigenvalue weighted by Crippen LogP contribution is -2.35. The molecule has 3 aromatic rings. The minimum atomic E-state index is -0.0846. The Hall–Kier alpha value is -2.25. The quantitative estimate of drug-likeness (QED) is 0.657. The van der Waals surface area contributed by atoms with Gasteiger partial charge < -0.3 is 5.32 Å². The van der Waals surface area contributed by atoms with Gasteiger partial charge in [0.2, 0.25) is 0 Å². The number of benzene rings is 1. The van der Waals surface area contributed by atoms with Gasteiger partial charge in [-0.25, -0.2) is 9.66 Å². The molecule has 7 heteroatoms. The fourth-order valence-electron chi connectivity index (χ4n) is 3.31. The first-order valence-electron chi connectivity index (χ1n) is 8.70. The number of aromatic nitrogens is 2. The van der Waals surface area contributed by atoms with Gasteiger partial charge in [0, 0.05) is 10.6 Å². The van der Waals surface area contributed by atoms with Crippen LogP contribution in [0.5, 0.6) is 0 Å². The van der Waals surface area contributed by atoms with Crippen molar-refractivity contribution >= 4 is 44.6 Å². The molecule has 2 heterocycles. The Bertz CT molecular complexity index is 1070. The number of fused-ring (bicyclic) bond motifs is 3. The molecule has 1 aromatic carbocycles. The Morgan fingerprint density at radius 3 is 2.85 bits per heavy atom. The predicted molar refractivity (Wildman–Crippen MR) is 112 cm³/mol. The monoisotopic (exact) mass is 384 g/mol. The van der Waals surface area contributed by atoms with Crippen LogP contribution in [0.25, 0.3) is 10.2 Å². The van der Waals surface area contributed by atoms with Gasteiger partial charge in [0.05, 0.1) is 5.39 Å². The van der Waals surface area contributed by atoms with Crippen molar-refractivity contribution in [2.24, 2.45) is 0 Å². The van der Waals surface area contributed by atoms with Gasteiger partial charge in [-0.3, -0.25) is 10.2 Å². The Balaban J connectivity index is 1.60. The number of nitrogens with zero attached hydrogens (tertiary/aromatic N) is 2. The first-order chi connectivity index (χ1) is 12.5. The van der Waals surface area contributed by atoms with Crippen LogP contribution in [-0.4, -0.2) is 14.8 Å². The normalized spacial score (nSPS) is 13.5. The highest BCUT2D eigenvalue weighted by molar-refractivity contribution is 7.80. The molecule has 0 unspecified atom stereocenters. The van der Waals surface area contributed by atoms with Crippen LogP contribution >= 0.6 is 23.6 Å². The summed E-state index contributed by atoms with van der Waals surface area (Å²) >= 11 is 7.02.